The van der Waals surface area contributed by atoms with Crippen molar-refractivity contribution in [3.8, 4) is 0 Å². The van der Waals surface area contributed by atoms with Gasteiger partial charge in [-0.3, -0.25) is 0 Å². The first-order chi connectivity index (χ1) is 7.04. The van der Waals surface area contributed by atoms with Crippen LogP contribution in [-0.2, 0) is 0 Å². The molecule has 0 aliphatic heterocycles. The Bertz CT molecular complexity index is 361. The Labute approximate surface area is 90.4 Å². The lowest BCUT2D eigenvalue weighted by atomic mass is 10.2. The molecule has 0 bridgehead atoms. The predicted octanol–water partition coefficient (Wildman–Crippen LogP) is 2.97. The Hall–Kier alpha value is -1.51. The van der Waals surface area contributed by atoms with Crippen molar-refractivity contribution < 1.29 is 4.39 Å². The molecular weight excluding hydrogens is 191 g/mol. The van der Waals surface area contributed by atoms with Crippen molar-refractivity contribution in [1.29, 1.82) is 0 Å². The molecule has 0 saturated carbocycles. The second-order valence-corrected chi connectivity index (χ2v) is 3.55. The van der Waals surface area contributed by atoms with Crippen LogP contribution in [-0.4, -0.2) is 18.5 Å². The number of rotatable bonds is 4. The molecular formula is C12H17FN2. The third-order valence-electron chi connectivity index (χ3n) is 2.40. The first-order valence-electron chi connectivity index (χ1n) is 4.97. The fraction of sp³-hybridized carbons (Fsp3) is 0.333. The van der Waals surface area contributed by atoms with E-state index in [-0.39, 0.29) is 5.82 Å². The van der Waals surface area contributed by atoms with Crippen molar-refractivity contribution in [3.05, 3.63) is 42.0 Å². The average molecular weight is 208 g/mol. The maximum atomic E-state index is 12.8. The van der Waals surface area contributed by atoms with Gasteiger partial charge in [0, 0.05) is 19.3 Å². The van der Waals surface area contributed by atoms with Gasteiger partial charge in [-0.05, 0) is 37.6 Å². The van der Waals surface area contributed by atoms with Gasteiger partial charge in [-0.25, -0.2) is 4.39 Å². The van der Waals surface area contributed by atoms with Crippen molar-refractivity contribution in [2.45, 2.75) is 13.8 Å². The average Bonchev–Trinajstić information content (AvgIpc) is 2.20. The smallest absolute Gasteiger partial charge is 0.123 e. The molecule has 2 nitrogen and oxygen atoms in total. The van der Waals surface area contributed by atoms with Crippen LogP contribution in [0.4, 0.5) is 10.1 Å². The summed E-state index contributed by atoms with van der Waals surface area (Å²) in [5, 5.41) is 3.15. The summed E-state index contributed by atoms with van der Waals surface area (Å²) < 4.78 is 12.8. The lowest BCUT2D eigenvalue weighted by Crippen LogP contribution is -2.21. The molecule has 0 aliphatic rings. The molecule has 0 fully saturated rings. The van der Waals surface area contributed by atoms with E-state index in [4.69, 9.17) is 0 Å². The summed E-state index contributed by atoms with van der Waals surface area (Å²) >= 11 is 0. The molecule has 82 valence electrons. The fourth-order valence-electron chi connectivity index (χ4n) is 1.21. The van der Waals surface area contributed by atoms with Gasteiger partial charge in [-0.15, -0.1) is 0 Å². The van der Waals surface area contributed by atoms with Crippen molar-refractivity contribution in [3.63, 3.8) is 0 Å². The first kappa shape index (κ1) is 11.6. The largest absolute Gasteiger partial charge is 0.362 e. The first-order valence-corrected chi connectivity index (χ1v) is 4.97. The van der Waals surface area contributed by atoms with E-state index in [1.54, 1.807) is 6.07 Å². The van der Waals surface area contributed by atoms with Crippen molar-refractivity contribution in [1.82, 2.24) is 4.90 Å². The van der Waals surface area contributed by atoms with Crippen LogP contribution in [0.15, 0.2) is 30.6 Å². The number of nitrogens with zero attached hydrogens (tertiary/aromatic N) is 1. The molecule has 15 heavy (non-hydrogen) atoms. The maximum Gasteiger partial charge on any atom is 0.123 e. The number of hydrogen-bond acceptors (Lipinski definition) is 2. The fourth-order valence-corrected chi connectivity index (χ4v) is 1.21. The zero-order chi connectivity index (χ0) is 11.4. The summed E-state index contributed by atoms with van der Waals surface area (Å²) in [5.41, 5.74) is 1.77. The van der Waals surface area contributed by atoms with Crippen LogP contribution in [0.1, 0.15) is 12.5 Å². The van der Waals surface area contributed by atoms with Crippen molar-refractivity contribution in [2.24, 2.45) is 0 Å². The molecule has 1 rings (SSSR count). The van der Waals surface area contributed by atoms with Gasteiger partial charge in [0.2, 0.25) is 0 Å². The molecule has 0 unspecified atom stereocenters. The Balaban J connectivity index is 2.77. The number of nitrogens with one attached hydrogen (secondary N) is 1. The Morgan fingerprint density at radius 3 is 2.73 bits per heavy atom. The van der Waals surface area contributed by atoms with Gasteiger partial charge in [0.1, 0.15) is 5.82 Å². The summed E-state index contributed by atoms with van der Waals surface area (Å²) in [6.45, 7) is 8.70. The highest BCUT2D eigenvalue weighted by molar-refractivity contribution is 5.53. The second-order valence-electron chi connectivity index (χ2n) is 3.55. The van der Waals surface area contributed by atoms with E-state index in [0.717, 1.165) is 23.6 Å². The summed E-state index contributed by atoms with van der Waals surface area (Å²) in [6, 6.07) is 4.66. The Kier molecular flexibility index (Phi) is 3.72. The van der Waals surface area contributed by atoms with Crippen LogP contribution in [0.5, 0.6) is 0 Å². The minimum Gasteiger partial charge on any atom is -0.362 e. The van der Waals surface area contributed by atoms with Gasteiger partial charge < -0.3 is 10.2 Å². The van der Waals surface area contributed by atoms with Crippen molar-refractivity contribution in [2.75, 3.05) is 18.9 Å². The van der Waals surface area contributed by atoms with E-state index in [1.807, 2.05) is 25.8 Å². The van der Waals surface area contributed by atoms with Crippen LogP contribution < -0.4 is 5.32 Å². The highest BCUT2D eigenvalue weighted by Gasteiger charge is 2.03. The second kappa shape index (κ2) is 4.82. The zero-order valence-electron chi connectivity index (χ0n) is 9.47. The van der Waals surface area contributed by atoms with Gasteiger partial charge in [0.15, 0.2) is 0 Å². The predicted molar refractivity (Wildman–Crippen MR) is 62.2 cm³/mol. The van der Waals surface area contributed by atoms with Crippen LogP contribution in [0.3, 0.4) is 0 Å². The standard InChI is InChI=1S/C12H17FN2/c1-5-15(4)10(3)14-12-7-6-11(13)8-9(12)2/h6-8,14H,3,5H2,1-2,4H3. The van der Waals surface area contributed by atoms with E-state index in [1.165, 1.54) is 12.1 Å². The van der Waals surface area contributed by atoms with Gasteiger partial charge in [0.25, 0.3) is 0 Å². The highest BCUT2D eigenvalue weighted by Crippen LogP contribution is 2.17. The molecule has 0 radical (unpaired) electrons. The SMILES string of the molecule is C=C(Nc1ccc(F)cc1C)N(C)CC. The number of halogens is 1. The minimum absolute atomic E-state index is 0.215. The molecule has 0 aliphatic carbocycles. The van der Waals surface area contributed by atoms with Crippen LogP contribution >= 0.6 is 0 Å². The van der Waals surface area contributed by atoms with E-state index in [2.05, 4.69) is 11.9 Å². The zero-order valence-corrected chi connectivity index (χ0v) is 9.47. The van der Waals surface area contributed by atoms with E-state index >= 15 is 0 Å². The quantitative estimate of drug-likeness (QED) is 0.818. The van der Waals surface area contributed by atoms with Crippen molar-refractivity contribution >= 4 is 5.69 Å². The molecule has 0 heterocycles. The molecule has 0 aromatic heterocycles. The highest BCUT2D eigenvalue weighted by atomic mass is 19.1. The monoisotopic (exact) mass is 208 g/mol. The summed E-state index contributed by atoms with van der Waals surface area (Å²) in [7, 11) is 1.95. The summed E-state index contributed by atoms with van der Waals surface area (Å²) in [5.74, 6) is 0.597. The van der Waals surface area contributed by atoms with E-state index < -0.39 is 0 Å². The lowest BCUT2D eigenvalue weighted by Gasteiger charge is -2.21. The molecule has 0 saturated heterocycles. The van der Waals surface area contributed by atoms with E-state index in [9.17, 15) is 4.39 Å². The lowest BCUT2D eigenvalue weighted by molar-refractivity contribution is 0.449. The molecule has 0 amide bonds. The third kappa shape index (κ3) is 2.98. The molecule has 1 N–H and O–H groups in total. The molecule has 1 aromatic carbocycles. The summed E-state index contributed by atoms with van der Waals surface area (Å²) in [4.78, 5) is 1.99. The number of aryl methyl sites for hydroxylation is 1. The van der Waals surface area contributed by atoms with Gasteiger partial charge in [-0.2, -0.15) is 0 Å². The summed E-state index contributed by atoms with van der Waals surface area (Å²) in [6.07, 6.45) is 0. The minimum atomic E-state index is -0.215. The number of hydrogen-bond donors (Lipinski definition) is 1. The molecule has 0 atom stereocenters. The molecule has 1 aromatic rings. The van der Waals surface area contributed by atoms with Crippen LogP contribution in [0, 0.1) is 12.7 Å². The van der Waals surface area contributed by atoms with Gasteiger partial charge in [-0.1, -0.05) is 6.58 Å². The van der Waals surface area contributed by atoms with Gasteiger partial charge in [0.05, 0.1) is 5.82 Å². The van der Waals surface area contributed by atoms with E-state index in [0.29, 0.717) is 0 Å². The van der Waals surface area contributed by atoms with Crippen LogP contribution in [0.25, 0.3) is 0 Å². The molecule has 0 spiro atoms. The normalized spacial score (nSPS) is 9.87. The number of benzene rings is 1. The maximum absolute atomic E-state index is 12.8. The molecule has 3 heteroatoms. The topological polar surface area (TPSA) is 15.3 Å². The Morgan fingerprint density at radius 1 is 1.53 bits per heavy atom. The van der Waals surface area contributed by atoms with Gasteiger partial charge >= 0.3 is 0 Å². The third-order valence-corrected chi connectivity index (χ3v) is 2.40. The van der Waals surface area contributed by atoms with Crippen LogP contribution in [0.2, 0.25) is 0 Å². The Morgan fingerprint density at radius 2 is 2.20 bits per heavy atom. The number of anilines is 1.